The lowest BCUT2D eigenvalue weighted by Gasteiger charge is -2.41. The minimum atomic E-state index is -0.831. The van der Waals surface area contributed by atoms with Crippen LogP contribution in [0, 0.1) is 5.82 Å². The molecule has 10 nitrogen and oxygen atoms in total. The second kappa shape index (κ2) is 13.3. The van der Waals surface area contributed by atoms with Crippen molar-refractivity contribution >= 4 is 29.0 Å². The van der Waals surface area contributed by atoms with Gasteiger partial charge in [0.15, 0.2) is 17.3 Å². The Hall–Kier alpha value is -4.87. The molecule has 2 aliphatic heterocycles. The minimum Gasteiger partial charge on any atom is -0.371 e. The highest BCUT2D eigenvalue weighted by atomic mass is 35.5. The number of hydrogen-bond acceptors (Lipinski definition) is 7. The zero-order valence-corrected chi connectivity index (χ0v) is 27.6. The quantitative estimate of drug-likeness (QED) is 0.232. The Balaban J connectivity index is 1.21. The molecule has 2 aliphatic rings. The summed E-state index contributed by atoms with van der Waals surface area (Å²) in [6, 6.07) is 18.1. The average molecular weight is 667 g/mol. The molecule has 12 heteroatoms. The van der Waals surface area contributed by atoms with Gasteiger partial charge in [-0.15, -0.1) is 5.10 Å². The van der Waals surface area contributed by atoms with Crippen molar-refractivity contribution in [2.75, 3.05) is 38.6 Å². The molecule has 246 valence electrons. The second-order valence-corrected chi connectivity index (χ2v) is 13.0. The number of fused-ring (bicyclic) bond motifs is 1. The van der Waals surface area contributed by atoms with E-state index in [-0.39, 0.29) is 28.6 Å². The van der Waals surface area contributed by atoms with Crippen LogP contribution in [0.25, 0.3) is 16.8 Å². The van der Waals surface area contributed by atoms with Crippen molar-refractivity contribution in [3.8, 4) is 16.8 Å². The van der Waals surface area contributed by atoms with Gasteiger partial charge in [-0.25, -0.2) is 9.07 Å². The van der Waals surface area contributed by atoms with Crippen LogP contribution in [0.4, 0.5) is 10.1 Å². The lowest BCUT2D eigenvalue weighted by atomic mass is 9.86. The minimum absolute atomic E-state index is 0.0157. The number of hydrogen-bond donors (Lipinski definition) is 1. The summed E-state index contributed by atoms with van der Waals surface area (Å²) < 4.78 is 16.0. The molecule has 0 spiro atoms. The molecule has 5 aromatic rings. The van der Waals surface area contributed by atoms with Gasteiger partial charge in [0.05, 0.1) is 17.4 Å². The molecule has 1 saturated heterocycles. The fraction of sp³-hybridized carbons (Fsp3) is 0.306. The second-order valence-electron chi connectivity index (χ2n) is 12.6. The number of carbonyl (C=O) groups excluding carboxylic acids is 2. The van der Waals surface area contributed by atoms with Gasteiger partial charge < -0.3 is 14.7 Å². The van der Waals surface area contributed by atoms with Crippen molar-refractivity contribution in [1.29, 1.82) is 0 Å². The average Bonchev–Trinajstić information content (AvgIpc) is 3.82. The molecule has 0 saturated carbocycles. The number of carbonyl (C=O) groups is 2. The summed E-state index contributed by atoms with van der Waals surface area (Å²) in [4.78, 5) is 34.8. The summed E-state index contributed by atoms with van der Waals surface area (Å²) in [6.07, 6.45) is 7.79. The Morgan fingerprint density at radius 3 is 2.46 bits per heavy atom. The van der Waals surface area contributed by atoms with Crippen LogP contribution in [0.1, 0.15) is 46.1 Å². The largest absolute Gasteiger partial charge is 0.371 e. The molecule has 48 heavy (non-hydrogen) atoms. The Kier molecular flexibility index (Phi) is 8.81. The van der Waals surface area contributed by atoms with Crippen LogP contribution in [-0.2, 0) is 17.6 Å². The van der Waals surface area contributed by atoms with Gasteiger partial charge >= 0.3 is 0 Å². The van der Waals surface area contributed by atoms with E-state index in [2.05, 4.69) is 50.5 Å². The summed E-state index contributed by atoms with van der Waals surface area (Å²) in [7, 11) is 4.25. The summed E-state index contributed by atoms with van der Waals surface area (Å²) in [5.74, 6) is -1.21. The van der Waals surface area contributed by atoms with Gasteiger partial charge in [-0.2, -0.15) is 5.10 Å². The molecule has 4 heterocycles. The molecule has 1 atom stereocenters. The topological polar surface area (TPSA) is 103 Å². The van der Waals surface area contributed by atoms with E-state index >= 15 is 0 Å². The SMILES string of the molecule is CN(C)C1CCN(c2cccc3c2CCN(C(=O)c2cn(-c4cccc(Cl)c4F)nn2)[C@@H]3C(=O)Cc2ccc(-c3cn[nH]c3)cc2)CC1. The Bertz CT molecular complexity index is 1930. The maximum atomic E-state index is 14.8. The number of nitrogens with one attached hydrogen (secondary N) is 1. The first-order valence-electron chi connectivity index (χ1n) is 16.1. The predicted molar refractivity (Wildman–Crippen MR) is 182 cm³/mol. The number of H-pyrrole nitrogens is 1. The number of aromatic amines is 1. The highest BCUT2D eigenvalue weighted by Gasteiger charge is 2.38. The Labute approximate surface area is 283 Å². The molecular weight excluding hydrogens is 631 g/mol. The molecule has 1 amide bonds. The smallest absolute Gasteiger partial charge is 0.276 e. The van der Waals surface area contributed by atoms with Gasteiger partial charge in [-0.1, -0.05) is 59.3 Å². The van der Waals surface area contributed by atoms with E-state index in [1.54, 1.807) is 17.2 Å². The number of nitrogens with zero attached hydrogens (tertiary/aromatic N) is 7. The molecular formula is C36H36ClFN8O2. The van der Waals surface area contributed by atoms with Crippen LogP contribution in [0.3, 0.4) is 0 Å². The Morgan fingerprint density at radius 1 is 0.979 bits per heavy atom. The zero-order valence-electron chi connectivity index (χ0n) is 26.8. The highest BCUT2D eigenvalue weighted by molar-refractivity contribution is 6.30. The monoisotopic (exact) mass is 666 g/mol. The molecule has 1 fully saturated rings. The number of ketones is 1. The number of rotatable bonds is 8. The van der Waals surface area contributed by atoms with E-state index in [4.69, 9.17) is 11.6 Å². The van der Waals surface area contributed by atoms with Crippen molar-refractivity contribution in [1.82, 2.24) is 35.0 Å². The van der Waals surface area contributed by atoms with E-state index in [9.17, 15) is 14.0 Å². The third kappa shape index (κ3) is 6.11. The van der Waals surface area contributed by atoms with Crippen molar-refractivity contribution in [3.63, 3.8) is 0 Å². The van der Waals surface area contributed by atoms with E-state index in [0.29, 0.717) is 19.0 Å². The fourth-order valence-electron chi connectivity index (χ4n) is 6.95. The van der Waals surface area contributed by atoms with Gasteiger partial charge in [-0.05, 0) is 73.8 Å². The summed E-state index contributed by atoms with van der Waals surface area (Å²) in [5, 5.41) is 14.9. The molecule has 0 unspecified atom stereocenters. The maximum absolute atomic E-state index is 14.8. The van der Waals surface area contributed by atoms with Crippen molar-refractivity contribution in [3.05, 3.63) is 112 Å². The first kappa shape index (κ1) is 31.7. The summed E-state index contributed by atoms with van der Waals surface area (Å²) in [6.45, 7) is 2.17. The van der Waals surface area contributed by atoms with Gasteiger partial charge in [-0.3, -0.25) is 14.7 Å². The van der Waals surface area contributed by atoms with Gasteiger partial charge in [0, 0.05) is 49.5 Å². The van der Waals surface area contributed by atoms with Crippen molar-refractivity contribution in [2.45, 2.75) is 37.8 Å². The molecule has 0 aliphatic carbocycles. The zero-order chi connectivity index (χ0) is 33.4. The van der Waals surface area contributed by atoms with E-state index in [1.165, 1.54) is 23.0 Å². The normalized spacial score (nSPS) is 16.7. The maximum Gasteiger partial charge on any atom is 0.276 e. The van der Waals surface area contributed by atoms with Gasteiger partial charge in [0.2, 0.25) is 0 Å². The highest BCUT2D eigenvalue weighted by Crippen LogP contribution is 2.38. The summed E-state index contributed by atoms with van der Waals surface area (Å²) >= 11 is 5.99. The van der Waals surface area contributed by atoms with Crippen LogP contribution in [0.2, 0.25) is 5.02 Å². The van der Waals surface area contributed by atoms with E-state index in [0.717, 1.165) is 59.4 Å². The van der Waals surface area contributed by atoms with Crippen LogP contribution < -0.4 is 4.90 Å². The number of aromatic nitrogens is 5. The van der Waals surface area contributed by atoms with Gasteiger partial charge in [0.1, 0.15) is 11.7 Å². The van der Waals surface area contributed by atoms with Crippen LogP contribution >= 0.6 is 11.6 Å². The Morgan fingerprint density at radius 2 is 1.73 bits per heavy atom. The number of piperidine rings is 1. The fourth-order valence-corrected chi connectivity index (χ4v) is 7.12. The summed E-state index contributed by atoms with van der Waals surface area (Å²) in [5.41, 5.74) is 5.94. The molecule has 2 aromatic heterocycles. The number of halogens is 2. The van der Waals surface area contributed by atoms with E-state index in [1.807, 2.05) is 42.6 Å². The predicted octanol–water partition coefficient (Wildman–Crippen LogP) is 5.53. The number of benzene rings is 3. The lowest BCUT2D eigenvalue weighted by molar-refractivity contribution is -0.123. The lowest BCUT2D eigenvalue weighted by Crippen LogP contribution is -2.46. The van der Waals surface area contributed by atoms with Crippen LogP contribution in [-0.4, -0.2) is 86.5 Å². The number of Topliss-reactive ketones (excluding diaryl/α,β-unsaturated/α-hetero) is 1. The van der Waals surface area contributed by atoms with E-state index < -0.39 is 17.8 Å². The standard InChI is InChI=1S/C36H36ClFN8O2/c1-43(2)26-13-16-44(17-14-26)31-7-3-5-28-27(31)15-18-45(36(48)30-22-46(42-41-30)32-8-4-6-29(37)34(32)38)35(28)33(47)19-23-9-11-24(12-10-23)25-20-39-40-21-25/h3-12,20-22,26,35H,13-19H2,1-2H3,(H,39,40)/t35-/m0/s1. The third-order valence-electron chi connectivity index (χ3n) is 9.55. The van der Waals surface area contributed by atoms with Crippen LogP contribution in [0.5, 0.6) is 0 Å². The first-order chi connectivity index (χ1) is 23.3. The van der Waals surface area contributed by atoms with Crippen molar-refractivity contribution in [2.24, 2.45) is 0 Å². The molecule has 7 rings (SSSR count). The van der Waals surface area contributed by atoms with Gasteiger partial charge in [0.25, 0.3) is 5.91 Å². The van der Waals surface area contributed by atoms with Crippen molar-refractivity contribution < 1.29 is 14.0 Å². The molecule has 0 radical (unpaired) electrons. The molecule has 3 aromatic carbocycles. The number of anilines is 1. The third-order valence-corrected chi connectivity index (χ3v) is 9.84. The van der Waals surface area contributed by atoms with Crippen LogP contribution in [0.15, 0.2) is 79.3 Å². The number of amides is 1. The molecule has 0 bridgehead atoms. The first-order valence-corrected chi connectivity index (χ1v) is 16.5. The molecule has 1 N–H and O–H groups in total.